The van der Waals surface area contributed by atoms with Crippen LogP contribution in [0.1, 0.15) is 58.4 Å². The summed E-state index contributed by atoms with van der Waals surface area (Å²) in [6.45, 7) is 10.4. The van der Waals surface area contributed by atoms with Crippen molar-refractivity contribution in [1.29, 1.82) is 0 Å². The molecule has 0 unspecified atom stereocenters. The van der Waals surface area contributed by atoms with E-state index in [0.29, 0.717) is 0 Å². The van der Waals surface area contributed by atoms with Crippen LogP contribution in [0.15, 0.2) is 18.2 Å². The van der Waals surface area contributed by atoms with E-state index >= 15 is 0 Å². The van der Waals surface area contributed by atoms with Crippen molar-refractivity contribution in [3.8, 4) is 0 Å². The lowest BCUT2D eigenvalue weighted by Crippen LogP contribution is -2.51. The maximum atomic E-state index is 14.6. The Balaban J connectivity index is 1.63. The van der Waals surface area contributed by atoms with Gasteiger partial charge in [-0.2, -0.15) is 0 Å². The molecule has 1 saturated heterocycles. The first-order valence-corrected chi connectivity index (χ1v) is 9.24. The van der Waals surface area contributed by atoms with Crippen molar-refractivity contribution in [2.75, 3.05) is 31.1 Å². The maximum Gasteiger partial charge on any atom is 0.146 e. The Morgan fingerprint density at radius 3 is 2.17 bits per heavy atom. The number of halogens is 1. The van der Waals surface area contributed by atoms with Crippen LogP contribution < -0.4 is 4.90 Å². The molecule has 1 aromatic carbocycles. The van der Waals surface area contributed by atoms with Gasteiger partial charge >= 0.3 is 0 Å². The van der Waals surface area contributed by atoms with Gasteiger partial charge in [0.15, 0.2) is 0 Å². The molecule has 1 aliphatic carbocycles. The Kier molecular flexibility index (Phi) is 4.96. The van der Waals surface area contributed by atoms with Gasteiger partial charge in [-0.1, -0.05) is 46.1 Å². The van der Waals surface area contributed by atoms with Crippen LogP contribution in [0.3, 0.4) is 0 Å². The molecular weight excluding hydrogens is 287 g/mol. The SMILES string of the molecule is CC(C)(C)c1ccc(N2CCN(C3CCCCC3)CC2)c(F)c1. The summed E-state index contributed by atoms with van der Waals surface area (Å²) in [6, 6.07) is 6.57. The summed E-state index contributed by atoms with van der Waals surface area (Å²) < 4.78 is 14.6. The predicted octanol–water partition coefficient (Wildman–Crippen LogP) is 4.58. The molecule has 2 fully saturated rings. The van der Waals surface area contributed by atoms with Gasteiger partial charge in [-0.25, -0.2) is 4.39 Å². The van der Waals surface area contributed by atoms with E-state index in [4.69, 9.17) is 0 Å². The number of hydrogen-bond donors (Lipinski definition) is 0. The van der Waals surface area contributed by atoms with Crippen molar-refractivity contribution in [3.63, 3.8) is 0 Å². The van der Waals surface area contributed by atoms with Crippen LogP contribution in [-0.4, -0.2) is 37.1 Å². The second-order valence-electron chi connectivity index (χ2n) is 8.23. The van der Waals surface area contributed by atoms with Gasteiger partial charge in [0, 0.05) is 32.2 Å². The highest BCUT2D eigenvalue weighted by molar-refractivity contribution is 5.50. The van der Waals surface area contributed by atoms with Crippen molar-refractivity contribution >= 4 is 5.69 Å². The summed E-state index contributed by atoms with van der Waals surface area (Å²) in [5.74, 6) is -0.0662. The van der Waals surface area contributed by atoms with Gasteiger partial charge in [-0.15, -0.1) is 0 Å². The molecule has 23 heavy (non-hydrogen) atoms. The molecule has 1 aliphatic heterocycles. The highest BCUT2D eigenvalue weighted by Crippen LogP contribution is 2.29. The molecule has 0 bridgehead atoms. The minimum atomic E-state index is -0.0662. The first-order valence-electron chi connectivity index (χ1n) is 9.24. The van der Waals surface area contributed by atoms with Crippen molar-refractivity contribution < 1.29 is 4.39 Å². The van der Waals surface area contributed by atoms with Gasteiger partial charge in [0.25, 0.3) is 0 Å². The zero-order valence-electron chi connectivity index (χ0n) is 14.9. The largest absolute Gasteiger partial charge is 0.367 e. The van der Waals surface area contributed by atoms with Crippen molar-refractivity contribution in [3.05, 3.63) is 29.6 Å². The van der Waals surface area contributed by atoms with E-state index in [1.165, 1.54) is 32.1 Å². The molecule has 1 heterocycles. The quantitative estimate of drug-likeness (QED) is 0.787. The molecule has 1 aromatic rings. The Bertz CT molecular complexity index is 521. The standard InChI is InChI=1S/C20H31FN2/c1-20(2,3)16-9-10-19(18(21)15-16)23-13-11-22(12-14-23)17-7-5-4-6-8-17/h9-10,15,17H,4-8,11-14H2,1-3H3. The molecule has 0 N–H and O–H groups in total. The third-order valence-electron chi connectivity index (χ3n) is 5.56. The van der Waals surface area contributed by atoms with E-state index in [-0.39, 0.29) is 11.2 Å². The van der Waals surface area contributed by atoms with Crippen LogP contribution in [-0.2, 0) is 5.41 Å². The second-order valence-corrected chi connectivity index (χ2v) is 8.23. The molecule has 3 rings (SSSR count). The van der Waals surface area contributed by atoms with Crippen LogP contribution in [0.2, 0.25) is 0 Å². The Morgan fingerprint density at radius 2 is 1.61 bits per heavy atom. The van der Waals surface area contributed by atoms with Gasteiger partial charge in [-0.3, -0.25) is 4.90 Å². The highest BCUT2D eigenvalue weighted by atomic mass is 19.1. The number of nitrogens with zero attached hydrogens (tertiary/aromatic N) is 2. The van der Waals surface area contributed by atoms with Crippen molar-refractivity contribution in [2.45, 2.75) is 64.3 Å². The summed E-state index contributed by atoms with van der Waals surface area (Å²) in [6.07, 6.45) is 6.88. The molecular formula is C20H31FN2. The summed E-state index contributed by atoms with van der Waals surface area (Å²) in [5, 5.41) is 0. The zero-order chi connectivity index (χ0) is 16.4. The molecule has 0 amide bonds. The van der Waals surface area contributed by atoms with E-state index in [9.17, 15) is 4.39 Å². The number of piperazine rings is 1. The topological polar surface area (TPSA) is 6.48 Å². The van der Waals surface area contributed by atoms with Crippen LogP contribution in [0.4, 0.5) is 10.1 Å². The first-order chi connectivity index (χ1) is 10.9. The lowest BCUT2D eigenvalue weighted by atomic mass is 9.87. The first kappa shape index (κ1) is 16.8. The molecule has 1 saturated carbocycles. The van der Waals surface area contributed by atoms with Crippen LogP contribution in [0, 0.1) is 5.82 Å². The summed E-state index contributed by atoms with van der Waals surface area (Å²) in [4.78, 5) is 4.86. The van der Waals surface area contributed by atoms with E-state index < -0.39 is 0 Å². The summed E-state index contributed by atoms with van der Waals surface area (Å²) in [7, 11) is 0. The molecule has 0 spiro atoms. The Morgan fingerprint density at radius 1 is 0.957 bits per heavy atom. The van der Waals surface area contributed by atoms with Crippen molar-refractivity contribution in [2.24, 2.45) is 0 Å². The van der Waals surface area contributed by atoms with E-state index in [1.54, 1.807) is 6.07 Å². The molecule has 2 nitrogen and oxygen atoms in total. The molecule has 128 valence electrons. The third kappa shape index (κ3) is 3.88. The summed E-state index contributed by atoms with van der Waals surface area (Å²) in [5.41, 5.74) is 1.85. The van der Waals surface area contributed by atoms with E-state index in [1.807, 2.05) is 6.07 Å². The smallest absolute Gasteiger partial charge is 0.146 e. The lowest BCUT2D eigenvalue weighted by molar-refractivity contribution is 0.147. The molecule has 0 atom stereocenters. The lowest BCUT2D eigenvalue weighted by Gasteiger charge is -2.41. The number of benzene rings is 1. The molecule has 3 heteroatoms. The monoisotopic (exact) mass is 318 g/mol. The van der Waals surface area contributed by atoms with Gasteiger partial charge in [0.1, 0.15) is 5.82 Å². The average molecular weight is 318 g/mol. The molecule has 2 aliphatic rings. The van der Waals surface area contributed by atoms with Gasteiger partial charge < -0.3 is 4.90 Å². The van der Waals surface area contributed by atoms with Gasteiger partial charge in [0.2, 0.25) is 0 Å². The third-order valence-corrected chi connectivity index (χ3v) is 5.56. The fraction of sp³-hybridized carbons (Fsp3) is 0.700. The van der Waals surface area contributed by atoms with Crippen LogP contribution in [0.25, 0.3) is 0 Å². The van der Waals surface area contributed by atoms with Gasteiger partial charge in [0.05, 0.1) is 5.69 Å². The zero-order valence-corrected chi connectivity index (χ0v) is 14.9. The van der Waals surface area contributed by atoms with Crippen molar-refractivity contribution in [1.82, 2.24) is 4.90 Å². The maximum absolute atomic E-state index is 14.6. The number of anilines is 1. The Labute approximate surface area is 140 Å². The Hall–Kier alpha value is -1.09. The normalized spacial score (nSPS) is 21.7. The predicted molar refractivity (Wildman–Crippen MR) is 95.8 cm³/mol. The highest BCUT2D eigenvalue weighted by Gasteiger charge is 2.26. The fourth-order valence-corrected chi connectivity index (χ4v) is 4.00. The van der Waals surface area contributed by atoms with Gasteiger partial charge in [-0.05, 0) is 36.0 Å². The fourth-order valence-electron chi connectivity index (χ4n) is 4.00. The summed E-state index contributed by atoms with van der Waals surface area (Å²) >= 11 is 0. The minimum absolute atomic E-state index is 0.000943. The van der Waals surface area contributed by atoms with Crippen LogP contribution >= 0.6 is 0 Å². The number of hydrogen-bond acceptors (Lipinski definition) is 2. The van der Waals surface area contributed by atoms with E-state index in [2.05, 4.69) is 36.6 Å². The number of rotatable bonds is 2. The molecule has 0 radical (unpaired) electrons. The van der Waals surface area contributed by atoms with Crippen LogP contribution in [0.5, 0.6) is 0 Å². The second kappa shape index (κ2) is 6.80. The molecule has 0 aromatic heterocycles. The van der Waals surface area contributed by atoms with E-state index in [0.717, 1.165) is 43.5 Å². The average Bonchev–Trinajstić information content (AvgIpc) is 2.55. The minimum Gasteiger partial charge on any atom is -0.367 e.